The number of hydrogen-bond donors (Lipinski definition) is 4. The number of ether oxygens (including phenoxy) is 2. The van der Waals surface area contributed by atoms with Crippen molar-refractivity contribution in [3.8, 4) is 56.3 Å². The molecule has 5 aromatic heterocycles. The van der Waals surface area contributed by atoms with Crippen molar-refractivity contribution < 1.29 is 146 Å². The fourth-order valence-corrected chi connectivity index (χ4v) is 21.9. The Morgan fingerprint density at radius 3 is 1.10 bits per heavy atom. The fraction of sp³-hybridized carbons (Fsp3) is 0.258. The number of pyridine rings is 3. The zero-order chi connectivity index (χ0) is 106. The zero-order valence-corrected chi connectivity index (χ0v) is 78.6. The summed E-state index contributed by atoms with van der Waals surface area (Å²) in [4.78, 5) is 76.0. The number of nitrogens with zero attached hydrogens (tertiary/aromatic N) is 11. The maximum Gasteiger partial charge on any atom is 0.573 e. The van der Waals surface area contributed by atoms with Crippen LogP contribution in [-0.2, 0) is 97.8 Å². The molecule has 8 atom stereocenters. The summed E-state index contributed by atoms with van der Waals surface area (Å²) >= 11 is 6.20. The van der Waals surface area contributed by atoms with E-state index >= 15 is 0 Å². The first-order valence-corrected chi connectivity index (χ1v) is 49.1. The zero-order valence-electron chi connectivity index (χ0n) is 74.6. The minimum absolute atomic E-state index is 0.0000393. The average molecular weight is 2150 g/mol. The van der Waals surface area contributed by atoms with Gasteiger partial charge >= 0.3 is 25.3 Å². The standard InChI is InChI=1S/C24H20F5N3O4S.C24H21F4N3O4S.C23H18ClF5N4O3S.C22H18F5N5O3S/c25-17-3-7-20(8-4-17)37(34,35)32-14-18(26)12-22(32)23(33)31-13-15-9-10-30-21(11-15)16-1-5-19(6-2-16)36-24(27,28)29;25-17-3-7-20(8-4-17)36(33,34)31-14-18(26)12-22(31)23(32)30-13-15-9-10-29-21(11-15)16-1-5-19(6-2-16)35-24(27)28;24-19-6-1-13(15-10-31-22(32-11-15)23(27,28)29)7-14(19)9-30-21(34)20-8-17(26)12-33(20)37(35,36)18-4-2-16(25)3-5-18;23-15-1-3-17(4-2-15)36(34,35)32-8-6-18(24)19(32)20(33)29-12-16-9-13(5-7-28-16)14-10-30-21(31-11-14)22(25,26)27/h1-11,18,22H,12-14H2,(H,31,33);1-11,18,22,24H,12-14H2,(H,30,32);1-7,10-11,17,20H,8-9,12H2,(H,30,34);1-5,7,9-11,18-19H,6,8,12H2,(H,29,33)/t2*18-,22+;17-,20+;18-,19-/m1110/s1. The molecule has 4 fully saturated rings. The molecule has 4 aliphatic rings. The second-order valence-electron chi connectivity index (χ2n) is 32.3. The Balaban J connectivity index is 0.000000163. The quantitative estimate of drug-likeness (QED) is 0.0347. The molecule has 4 aliphatic heterocycles. The molecule has 4 amide bonds. The van der Waals surface area contributed by atoms with E-state index in [1.165, 1.54) is 73.2 Å². The molecule has 4 saturated heterocycles. The molecule has 0 aliphatic carbocycles. The lowest BCUT2D eigenvalue weighted by molar-refractivity contribution is -0.274. The van der Waals surface area contributed by atoms with Gasteiger partial charge < -0.3 is 30.7 Å². The Labute approximate surface area is 823 Å². The number of hydrogen-bond acceptors (Lipinski definition) is 21. The van der Waals surface area contributed by atoms with Gasteiger partial charge in [0.1, 0.15) is 83.6 Å². The molecule has 12 aromatic rings. The van der Waals surface area contributed by atoms with E-state index in [-0.39, 0.29) is 111 Å². The average Bonchev–Trinajstić information content (AvgIpc) is 1.63. The van der Waals surface area contributed by atoms with Gasteiger partial charge in [0.25, 0.3) is 0 Å². The Morgan fingerprint density at radius 2 is 0.726 bits per heavy atom. The lowest BCUT2D eigenvalue weighted by atomic mass is 10.1. The third kappa shape index (κ3) is 27.9. The number of carbonyl (C=O) groups is 4. The molecule has 7 aromatic carbocycles. The van der Waals surface area contributed by atoms with Crippen LogP contribution in [0.25, 0.3) is 44.8 Å². The molecule has 146 heavy (non-hydrogen) atoms. The molecule has 4 N–H and O–H groups in total. The van der Waals surface area contributed by atoms with Gasteiger partial charge in [0.05, 0.1) is 43.2 Å². The van der Waals surface area contributed by atoms with Crippen molar-refractivity contribution in [2.75, 3.05) is 26.2 Å². The third-order valence-electron chi connectivity index (χ3n) is 22.3. The summed E-state index contributed by atoms with van der Waals surface area (Å²) in [7, 11) is -17.0. The first-order chi connectivity index (χ1) is 68.9. The maximum atomic E-state index is 14.6. The van der Waals surface area contributed by atoms with Crippen molar-refractivity contribution in [3.63, 3.8) is 0 Å². The number of rotatable bonds is 27. The first kappa shape index (κ1) is 109. The highest BCUT2D eigenvalue weighted by Crippen LogP contribution is 2.38. The molecule has 0 unspecified atom stereocenters. The highest BCUT2D eigenvalue weighted by atomic mass is 35.5. The molecule has 16 rings (SSSR count). The normalized spacial score (nSPS) is 18.6. The molecular formula is C93H77ClF19N15O14S4. The molecular weight excluding hydrogens is 2080 g/mol. The second-order valence-corrected chi connectivity index (χ2v) is 40.3. The van der Waals surface area contributed by atoms with Gasteiger partial charge in [-0.15, -0.1) is 13.2 Å². The molecule has 9 heterocycles. The van der Waals surface area contributed by atoms with Gasteiger partial charge in [-0.25, -0.2) is 88.7 Å². The molecule has 0 saturated carbocycles. The Hall–Kier alpha value is -13.8. The van der Waals surface area contributed by atoms with E-state index in [0.717, 1.165) is 151 Å². The lowest BCUT2D eigenvalue weighted by Gasteiger charge is -2.24. The van der Waals surface area contributed by atoms with Gasteiger partial charge in [0, 0.05) is 136 Å². The summed E-state index contributed by atoms with van der Waals surface area (Å²) in [5.74, 6) is -8.58. The van der Waals surface area contributed by atoms with Crippen molar-refractivity contribution in [1.82, 2.24) is 73.4 Å². The summed E-state index contributed by atoms with van der Waals surface area (Å²) in [5, 5.41) is 10.4. The molecule has 772 valence electrons. The SMILES string of the molecule is O=C(NCc1cc(-c2cnc(C(F)(F)F)nc2)ccc1Cl)[C@@H]1C[C@@H](F)CN1S(=O)(=O)c1ccc(F)cc1.O=C(NCc1cc(-c2cnc(C(F)(F)F)nc2)ccn1)[C@@H]1[C@@H](F)CCN1S(=O)(=O)c1ccc(F)cc1.O=C(NCc1ccnc(-c2ccc(OC(F)(F)F)cc2)c1)[C@@H]1C[C@@H](F)CN1S(=O)(=O)c1ccc(F)cc1.O=C(NCc1ccnc(-c2ccc(OC(F)F)cc2)c1)[C@@H]1C[C@@H](F)CN1S(=O)(=O)c1ccc(F)cc1. The minimum atomic E-state index is -4.81. The predicted molar refractivity (Wildman–Crippen MR) is 482 cm³/mol. The van der Waals surface area contributed by atoms with E-state index in [0.29, 0.717) is 50.3 Å². The van der Waals surface area contributed by atoms with E-state index in [4.69, 9.17) is 11.6 Å². The molecule has 53 heteroatoms. The van der Waals surface area contributed by atoms with Crippen LogP contribution in [0.5, 0.6) is 11.5 Å². The van der Waals surface area contributed by atoms with Crippen LogP contribution in [0.4, 0.5) is 83.4 Å². The van der Waals surface area contributed by atoms with Gasteiger partial charge in [-0.1, -0.05) is 17.7 Å². The van der Waals surface area contributed by atoms with Gasteiger partial charge in [0.2, 0.25) is 75.4 Å². The second kappa shape index (κ2) is 46.3. The Morgan fingerprint density at radius 1 is 0.384 bits per heavy atom. The van der Waals surface area contributed by atoms with Crippen LogP contribution in [-0.4, -0.2) is 197 Å². The van der Waals surface area contributed by atoms with Crippen LogP contribution >= 0.6 is 11.6 Å². The smallest absolute Gasteiger partial charge is 0.435 e. The monoisotopic (exact) mass is 2150 g/mol. The van der Waals surface area contributed by atoms with Gasteiger partial charge in [-0.3, -0.25) is 34.1 Å². The number of nitrogens with one attached hydrogen (secondary N) is 4. The number of benzene rings is 7. The number of sulfonamides is 4. The van der Waals surface area contributed by atoms with Crippen LogP contribution in [0, 0.1) is 23.3 Å². The number of carbonyl (C=O) groups excluding carboxylic acids is 4. The molecule has 29 nitrogen and oxygen atoms in total. The fourth-order valence-electron chi connectivity index (χ4n) is 15.2. The largest absolute Gasteiger partial charge is 0.573 e. The van der Waals surface area contributed by atoms with Crippen LogP contribution in [0.15, 0.2) is 263 Å². The third-order valence-corrected chi connectivity index (χ3v) is 30.3. The Bertz CT molecular complexity index is 7140. The van der Waals surface area contributed by atoms with E-state index in [1.807, 2.05) is 0 Å². The molecule has 0 spiro atoms. The summed E-state index contributed by atoms with van der Waals surface area (Å²) < 4.78 is 363. The van der Waals surface area contributed by atoms with E-state index in [1.54, 1.807) is 36.4 Å². The van der Waals surface area contributed by atoms with Gasteiger partial charge in [0.15, 0.2) is 0 Å². The van der Waals surface area contributed by atoms with E-state index in [2.05, 4.69) is 65.6 Å². The van der Waals surface area contributed by atoms with E-state index in [9.17, 15) is 136 Å². The van der Waals surface area contributed by atoms with Crippen molar-refractivity contribution in [3.05, 3.63) is 306 Å². The maximum absolute atomic E-state index is 14.6. The van der Waals surface area contributed by atoms with Gasteiger partial charge in [-0.05, 0) is 228 Å². The van der Waals surface area contributed by atoms with Crippen LogP contribution in [0.2, 0.25) is 5.02 Å². The van der Waals surface area contributed by atoms with Crippen LogP contribution in [0.1, 0.15) is 59.7 Å². The number of alkyl halides is 15. The first-order valence-electron chi connectivity index (χ1n) is 43.0. The number of amides is 4. The van der Waals surface area contributed by atoms with Crippen molar-refractivity contribution in [2.45, 2.75) is 146 Å². The summed E-state index contributed by atoms with van der Waals surface area (Å²) in [5.41, 5.74) is 5.27. The van der Waals surface area contributed by atoms with Gasteiger partial charge in [-0.2, -0.15) is 52.3 Å². The predicted octanol–water partition coefficient (Wildman–Crippen LogP) is 15.6. The number of aromatic nitrogens is 7. The van der Waals surface area contributed by atoms with Crippen molar-refractivity contribution in [2.24, 2.45) is 0 Å². The van der Waals surface area contributed by atoms with Crippen molar-refractivity contribution in [1.29, 1.82) is 0 Å². The Kier molecular flexibility index (Phi) is 34.7. The highest BCUT2D eigenvalue weighted by Gasteiger charge is 2.50. The van der Waals surface area contributed by atoms with Crippen LogP contribution < -0.4 is 30.7 Å². The topological polar surface area (TPSA) is 375 Å². The summed E-state index contributed by atoms with van der Waals surface area (Å²) in [6, 6.07) is 35.4. The summed E-state index contributed by atoms with van der Waals surface area (Å²) in [6.07, 6.45) is -13.5. The van der Waals surface area contributed by atoms with Crippen LogP contribution in [0.3, 0.4) is 0 Å². The lowest BCUT2D eigenvalue weighted by Crippen LogP contribution is -2.49. The minimum Gasteiger partial charge on any atom is -0.435 e. The molecule has 0 bridgehead atoms. The van der Waals surface area contributed by atoms with E-state index < -0.39 is 192 Å². The molecule has 0 radical (unpaired) electrons. The van der Waals surface area contributed by atoms with Crippen molar-refractivity contribution >= 4 is 75.3 Å². The highest BCUT2D eigenvalue weighted by molar-refractivity contribution is 7.90. The number of halogens is 20. The summed E-state index contributed by atoms with van der Waals surface area (Å²) in [6.45, 7) is -5.11.